The smallest absolute Gasteiger partial charge is 0.320 e. The number of rotatable bonds is 3. The molecule has 0 fully saturated rings. The van der Waals surface area contributed by atoms with Crippen molar-refractivity contribution < 1.29 is 9.90 Å². The third-order valence-corrected chi connectivity index (χ3v) is 2.27. The molecule has 1 unspecified atom stereocenters. The van der Waals surface area contributed by atoms with Gasteiger partial charge in [0.15, 0.2) is 0 Å². The molecule has 14 heavy (non-hydrogen) atoms. The zero-order valence-electron chi connectivity index (χ0n) is 7.68. The van der Waals surface area contributed by atoms with Crippen LogP contribution < -0.4 is 5.73 Å². The Morgan fingerprint density at radius 2 is 2.43 bits per heavy atom. The predicted octanol–water partition coefficient (Wildman–Crippen LogP) is 0.814. The number of allylic oxidation sites excluding steroid dienone is 4. The third-order valence-electron chi connectivity index (χ3n) is 2.27. The molecule has 0 aliphatic heterocycles. The van der Waals surface area contributed by atoms with Gasteiger partial charge in [-0.05, 0) is 12.8 Å². The molecule has 1 aliphatic carbocycles. The molecule has 4 heteroatoms. The Morgan fingerprint density at radius 1 is 1.71 bits per heavy atom. The van der Waals surface area contributed by atoms with Crippen LogP contribution in [0.5, 0.6) is 0 Å². The summed E-state index contributed by atoms with van der Waals surface area (Å²) >= 11 is 0. The predicted molar refractivity (Wildman–Crippen MR) is 51.2 cm³/mol. The summed E-state index contributed by atoms with van der Waals surface area (Å²) in [5.74, 6) is -1.07. The monoisotopic (exact) mass is 192 g/mol. The van der Waals surface area contributed by atoms with Gasteiger partial charge in [-0.3, -0.25) is 4.79 Å². The Morgan fingerprint density at radius 3 is 2.86 bits per heavy atom. The lowest BCUT2D eigenvalue weighted by atomic mass is 9.78. The van der Waals surface area contributed by atoms with Crippen molar-refractivity contribution in [1.82, 2.24) is 0 Å². The molecule has 0 spiro atoms. The van der Waals surface area contributed by atoms with Crippen molar-refractivity contribution in [3.05, 3.63) is 24.3 Å². The van der Waals surface area contributed by atoms with E-state index in [0.29, 0.717) is 6.42 Å². The summed E-state index contributed by atoms with van der Waals surface area (Å²) in [4.78, 5) is 10.6. The highest BCUT2D eigenvalue weighted by atomic mass is 16.4. The quantitative estimate of drug-likeness (QED) is 0.692. The normalized spacial score (nSPS) is 26.9. The van der Waals surface area contributed by atoms with Gasteiger partial charge >= 0.3 is 5.97 Å². The third kappa shape index (κ3) is 2.21. The molecule has 3 N–H and O–H groups in total. The van der Waals surface area contributed by atoms with Gasteiger partial charge in [0.2, 0.25) is 0 Å². The van der Waals surface area contributed by atoms with E-state index in [2.05, 4.69) is 6.07 Å². The summed E-state index contributed by atoms with van der Waals surface area (Å²) in [6.45, 7) is 0. The summed E-state index contributed by atoms with van der Waals surface area (Å²) in [5.41, 5.74) is 4.66. The molecule has 74 valence electrons. The van der Waals surface area contributed by atoms with Crippen LogP contribution in [0.3, 0.4) is 0 Å². The van der Waals surface area contributed by atoms with Crippen LogP contribution in [-0.2, 0) is 4.79 Å². The topological polar surface area (TPSA) is 87.1 Å². The molecule has 0 aromatic carbocycles. The molecule has 0 amide bonds. The van der Waals surface area contributed by atoms with Crippen LogP contribution in [0.25, 0.3) is 0 Å². The average Bonchev–Trinajstić information content (AvgIpc) is 2.19. The summed E-state index contributed by atoms with van der Waals surface area (Å²) in [5, 5.41) is 17.6. The van der Waals surface area contributed by atoms with Crippen LogP contribution in [0.2, 0.25) is 0 Å². The number of nitrogens with zero attached hydrogens (tertiary/aromatic N) is 1. The number of carbonyl (C=O) groups is 1. The fourth-order valence-electron chi connectivity index (χ4n) is 1.42. The molecule has 0 saturated heterocycles. The van der Waals surface area contributed by atoms with Gasteiger partial charge < -0.3 is 10.8 Å². The van der Waals surface area contributed by atoms with Gasteiger partial charge in [0.1, 0.15) is 6.04 Å². The number of carboxylic acid groups (broad SMARTS) is 1. The molecule has 0 radical (unpaired) electrons. The highest BCUT2D eigenvalue weighted by Crippen LogP contribution is 2.31. The Balaban J connectivity index is 2.73. The van der Waals surface area contributed by atoms with Crippen molar-refractivity contribution in [2.75, 3.05) is 0 Å². The number of hydrogen-bond acceptors (Lipinski definition) is 3. The first-order valence-corrected chi connectivity index (χ1v) is 4.34. The first-order valence-electron chi connectivity index (χ1n) is 4.34. The molecule has 0 aromatic rings. The van der Waals surface area contributed by atoms with Crippen molar-refractivity contribution in [2.45, 2.75) is 18.9 Å². The minimum Gasteiger partial charge on any atom is -0.480 e. The average molecular weight is 192 g/mol. The maximum absolute atomic E-state index is 10.6. The number of carboxylic acids is 1. The lowest BCUT2D eigenvalue weighted by Crippen LogP contribution is -2.36. The first kappa shape index (κ1) is 10.5. The van der Waals surface area contributed by atoms with E-state index in [-0.39, 0.29) is 6.42 Å². The van der Waals surface area contributed by atoms with Crippen LogP contribution in [-0.4, -0.2) is 17.1 Å². The molecule has 0 saturated carbocycles. The number of nitriles is 1. The van der Waals surface area contributed by atoms with Gasteiger partial charge in [-0.25, -0.2) is 0 Å². The largest absolute Gasteiger partial charge is 0.480 e. The van der Waals surface area contributed by atoms with Crippen LogP contribution in [0.15, 0.2) is 24.3 Å². The van der Waals surface area contributed by atoms with E-state index in [0.717, 1.165) is 0 Å². The molecule has 1 aliphatic rings. The Kier molecular flexibility index (Phi) is 3.05. The maximum atomic E-state index is 10.6. The Bertz CT molecular complexity index is 328. The number of hydrogen-bond donors (Lipinski definition) is 2. The lowest BCUT2D eigenvalue weighted by Gasteiger charge is -2.24. The standard InChI is InChI=1S/C10H12N2O2/c11-7-10(4-2-1-3-5-10)6-8(12)9(13)14/h1-4,8H,5-6,12H2,(H,13,14)/t8-,10?/m0/s1. The highest BCUT2D eigenvalue weighted by Gasteiger charge is 2.31. The second-order valence-electron chi connectivity index (χ2n) is 3.41. The van der Waals surface area contributed by atoms with Crippen molar-refractivity contribution >= 4 is 5.97 Å². The Hall–Kier alpha value is -1.60. The second kappa shape index (κ2) is 4.07. The van der Waals surface area contributed by atoms with Crippen LogP contribution in [0, 0.1) is 16.7 Å². The Labute approximate surface area is 82.3 Å². The SMILES string of the molecule is N#CC1(C[C@H](N)C(=O)O)C=CC=CC1. The summed E-state index contributed by atoms with van der Waals surface area (Å²) in [7, 11) is 0. The first-order chi connectivity index (χ1) is 6.59. The minimum atomic E-state index is -1.07. The summed E-state index contributed by atoms with van der Waals surface area (Å²) in [6.07, 6.45) is 7.83. The lowest BCUT2D eigenvalue weighted by molar-refractivity contribution is -0.139. The molecule has 2 atom stereocenters. The fourth-order valence-corrected chi connectivity index (χ4v) is 1.42. The van der Waals surface area contributed by atoms with Crippen LogP contribution in [0.1, 0.15) is 12.8 Å². The van der Waals surface area contributed by atoms with Crippen molar-refractivity contribution in [3.63, 3.8) is 0 Å². The van der Waals surface area contributed by atoms with E-state index in [1.54, 1.807) is 12.2 Å². The molecule has 4 nitrogen and oxygen atoms in total. The van der Waals surface area contributed by atoms with Crippen molar-refractivity contribution in [1.29, 1.82) is 5.26 Å². The highest BCUT2D eigenvalue weighted by molar-refractivity contribution is 5.73. The van der Waals surface area contributed by atoms with Gasteiger partial charge in [0, 0.05) is 0 Å². The molecular formula is C10H12N2O2. The van der Waals surface area contributed by atoms with Crippen LogP contribution >= 0.6 is 0 Å². The number of nitrogens with two attached hydrogens (primary N) is 1. The van der Waals surface area contributed by atoms with Gasteiger partial charge in [-0.2, -0.15) is 5.26 Å². The van der Waals surface area contributed by atoms with E-state index in [1.165, 1.54) is 0 Å². The van der Waals surface area contributed by atoms with Gasteiger partial charge in [0.25, 0.3) is 0 Å². The summed E-state index contributed by atoms with van der Waals surface area (Å²) in [6, 6.07) is 1.14. The zero-order chi connectivity index (χ0) is 10.6. The van der Waals surface area contributed by atoms with Gasteiger partial charge in [-0.15, -0.1) is 0 Å². The maximum Gasteiger partial charge on any atom is 0.320 e. The second-order valence-corrected chi connectivity index (χ2v) is 3.41. The molecule has 0 heterocycles. The zero-order valence-corrected chi connectivity index (χ0v) is 7.68. The van der Waals surface area contributed by atoms with Crippen molar-refractivity contribution in [3.8, 4) is 6.07 Å². The minimum absolute atomic E-state index is 0.152. The van der Waals surface area contributed by atoms with Gasteiger partial charge in [-0.1, -0.05) is 24.3 Å². The van der Waals surface area contributed by atoms with E-state index in [9.17, 15) is 4.79 Å². The molecular weight excluding hydrogens is 180 g/mol. The van der Waals surface area contributed by atoms with E-state index >= 15 is 0 Å². The molecule has 0 bridgehead atoms. The summed E-state index contributed by atoms with van der Waals surface area (Å²) < 4.78 is 0. The molecule has 0 aromatic heterocycles. The van der Waals surface area contributed by atoms with E-state index in [1.807, 2.05) is 12.2 Å². The molecule has 1 rings (SSSR count). The van der Waals surface area contributed by atoms with Crippen molar-refractivity contribution in [2.24, 2.45) is 11.1 Å². The van der Waals surface area contributed by atoms with E-state index < -0.39 is 17.4 Å². The fraction of sp³-hybridized carbons (Fsp3) is 0.400. The van der Waals surface area contributed by atoms with E-state index in [4.69, 9.17) is 16.1 Å². The van der Waals surface area contributed by atoms with Gasteiger partial charge in [0.05, 0.1) is 11.5 Å². The van der Waals surface area contributed by atoms with Crippen LogP contribution in [0.4, 0.5) is 0 Å². The number of aliphatic carboxylic acids is 1.